The quantitative estimate of drug-likeness (QED) is 0.916. The summed E-state index contributed by atoms with van der Waals surface area (Å²) in [5, 5.41) is 3.37. The van der Waals surface area contributed by atoms with Crippen LogP contribution in [-0.2, 0) is 0 Å². The van der Waals surface area contributed by atoms with Crippen molar-refractivity contribution in [1.82, 2.24) is 4.98 Å². The Labute approximate surface area is 97.0 Å². The van der Waals surface area contributed by atoms with Gasteiger partial charge in [0.05, 0.1) is 0 Å². The van der Waals surface area contributed by atoms with Gasteiger partial charge in [0.1, 0.15) is 5.82 Å². The fourth-order valence-electron chi connectivity index (χ4n) is 1.47. The Hall–Kier alpha value is -0.220. The van der Waals surface area contributed by atoms with E-state index in [0.717, 1.165) is 22.8 Å². The van der Waals surface area contributed by atoms with E-state index in [2.05, 4.69) is 38.0 Å². The number of pyridine rings is 1. The maximum atomic E-state index is 4.27. The van der Waals surface area contributed by atoms with Gasteiger partial charge < -0.3 is 5.32 Å². The molecule has 2 heterocycles. The highest BCUT2D eigenvalue weighted by Crippen LogP contribution is 2.23. The van der Waals surface area contributed by atoms with E-state index in [-0.39, 0.29) is 0 Å². The number of nitrogens with zero attached hydrogens (tertiary/aromatic N) is 1. The summed E-state index contributed by atoms with van der Waals surface area (Å²) in [6.07, 6.45) is 3.17. The molecule has 0 spiro atoms. The van der Waals surface area contributed by atoms with Crippen molar-refractivity contribution in [3.63, 3.8) is 0 Å². The van der Waals surface area contributed by atoms with Crippen LogP contribution in [0.15, 0.2) is 22.8 Å². The van der Waals surface area contributed by atoms with Gasteiger partial charge in [0.2, 0.25) is 0 Å². The molecule has 1 atom stereocenters. The SMILES string of the molecule is Brc1ccc(NCC2CCSC2)nc1. The third-order valence-corrected chi connectivity index (χ3v) is 4.02. The van der Waals surface area contributed by atoms with Gasteiger partial charge in [0, 0.05) is 17.2 Å². The number of hydrogen-bond donors (Lipinski definition) is 1. The van der Waals surface area contributed by atoms with Crippen molar-refractivity contribution in [2.45, 2.75) is 6.42 Å². The maximum Gasteiger partial charge on any atom is 0.125 e. The Morgan fingerprint density at radius 3 is 3.14 bits per heavy atom. The number of rotatable bonds is 3. The highest BCUT2D eigenvalue weighted by atomic mass is 79.9. The van der Waals surface area contributed by atoms with Crippen molar-refractivity contribution >= 4 is 33.5 Å². The number of aromatic nitrogens is 1. The predicted molar refractivity (Wildman–Crippen MR) is 65.9 cm³/mol. The molecule has 1 aromatic heterocycles. The number of anilines is 1. The first-order valence-corrected chi connectivity index (χ1v) is 6.72. The molecule has 4 heteroatoms. The molecule has 1 aliphatic rings. The number of hydrogen-bond acceptors (Lipinski definition) is 3. The largest absolute Gasteiger partial charge is 0.370 e. The van der Waals surface area contributed by atoms with Crippen molar-refractivity contribution in [2.24, 2.45) is 5.92 Å². The number of nitrogens with one attached hydrogen (secondary N) is 1. The van der Waals surface area contributed by atoms with Gasteiger partial charge in [-0.2, -0.15) is 11.8 Å². The molecular weight excluding hydrogens is 260 g/mol. The van der Waals surface area contributed by atoms with Gasteiger partial charge in [-0.25, -0.2) is 4.98 Å². The van der Waals surface area contributed by atoms with E-state index in [1.54, 1.807) is 0 Å². The van der Waals surface area contributed by atoms with Crippen LogP contribution in [0.1, 0.15) is 6.42 Å². The molecule has 2 nitrogen and oxygen atoms in total. The lowest BCUT2D eigenvalue weighted by molar-refractivity contribution is 0.630. The average Bonchev–Trinajstić information content (AvgIpc) is 2.70. The molecule has 1 aromatic rings. The van der Waals surface area contributed by atoms with E-state index in [4.69, 9.17) is 0 Å². The predicted octanol–water partition coefficient (Wildman–Crippen LogP) is 3.01. The zero-order valence-electron chi connectivity index (χ0n) is 7.87. The molecule has 0 aromatic carbocycles. The van der Waals surface area contributed by atoms with Gasteiger partial charge in [-0.1, -0.05) is 0 Å². The second-order valence-corrected chi connectivity index (χ2v) is 5.54. The van der Waals surface area contributed by atoms with Crippen LogP contribution >= 0.6 is 27.7 Å². The number of thioether (sulfide) groups is 1. The molecule has 0 amide bonds. The zero-order valence-corrected chi connectivity index (χ0v) is 10.3. The van der Waals surface area contributed by atoms with Crippen LogP contribution in [0.2, 0.25) is 0 Å². The summed E-state index contributed by atoms with van der Waals surface area (Å²) in [7, 11) is 0. The molecule has 76 valence electrons. The van der Waals surface area contributed by atoms with Crippen LogP contribution in [0.25, 0.3) is 0 Å². The first-order valence-electron chi connectivity index (χ1n) is 4.78. The standard InChI is InChI=1S/C10H13BrN2S/c11-9-1-2-10(13-6-9)12-5-8-3-4-14-7-8/h1-2,6,8H,3-5,7H2,(H,12,13). The van der Waals surface area contributed by atoms with Crippen molar-refractivity contribution < 1.29 is 0 Å². The molecule has 1 aliphatic heterocycles. The third kappa shape index (κ3) is 2.89. The molecule has 1 unspecified atom stereocenters. The van der Waals surface area contributed by atoms with Crippen LogP contribution < -0.4 is 5.32 Å². The third-order valence-electron chi connectivity index (χ3n) is 2.32. The summed E-state index contributed by atoms with van der Waals surface area (Å²) < 4.78 is 1.03. The van der Waals surface area contributed by atoms with Crippen LogP contribution in [0.3, 0.4) is 0 Å². The normalized spacial score (nSPS) is 21.1. The second-order valence-electron chi connectivity index (χ2n) is 3.47. The Morgan fingerprint density at radius 2 is 2.50 bits per heavy atom. The van der Waals surface area contributed by atoms with Gasteiger partial charge in [0.25, 0.3) is 0 Å². The Morgan fingerprint density at radius 1 is 1.57 bits per heavy atom. The van der Waals surface area contributed by atoms with Gasteiger partial charge in [-0.15, -0.1) is 0 Å². The Balaban J connectivity index is 1.82. The molecule has 0 bridgehead atoms. The molecule has 1 N–H and O–H groups in total. The smallest absolute Gasteiger partial charge is 0.125 e. The molecule has 0 saturated carbocycles. The van der Waals surface area contributed by atoms with E-state index in [1.807, 2.05) is 18.3 Å². The van der Waals surface area contributed by atoms with Crippen LogP contribution in [0.5, 0.6) is 0 Å². The van der Waals surface area contributed by atoms with E-state index >= 15 is 0 Å². The lowest BCUT2D eigenvalue weighted by Gasteiger charge is -2.10. The van der Waals surface area contributed by atoms with E-state index < -0.39 is 0 Å². The highest BCUT2D eigenvalue weighted by molar-refractivity contribution is 9.10. The molecular formula is C10H13BrN2S. The second kappa shape index (κ2) is 5.03. The summed E-state index contributed by atoms with van der Waals surface area (Å²) in [4.78, 5) is 4.27. The van der Waals surface area contributed by atoms with Gasteiger partial charge in [-0.05, 0) is 51.9 Å². The average molecular weight is 273 g/mol. The van der Waals surface area contributed by atoms with Crippen LogP contribution in [0, 0.1) is 5.92 Å². The van der Waals surface area contributed by atoms with Gasteiger partial charge in [0.15, 0.2) is 0 Å². The summed E-state index contributed by atoms with van der Waals surface area (Å²) in [6.45, 7) is 1.06. The van der Waals surface area contributed by atoms with Crippen LogP contribution in [0.4, 0.5) is 5.82 Å². The van der Waals surface area contributed by atoms with Crippen molar-refractivity contribution in [3.05, 3.63) is 22.8 Å². The van der Waals surface area contributed by atoms with Crippen molar-refractivity contribution in [1.29, 1.82) is 0 Å². The fourth-order valence-corrected chi connectivity index (χ4v) is 2.99. The van der Waals surface area contributed by atoms with Crippen LogP contribution in [-0.4, -0.2) is 23.0 Å². The van der Waals surface area contributed by atoms with E-state index in [0.29, 0.717) is 0 Å². The number of halogens is 1. The lowest BCUT2D eigenvalue weighted by atomic mass is 10.1. The monoisotopic (exact) mass is 272 g/mol. The summed E-state index contributed by atoms with van der Waals surface area (Å²) in [5.41, 5.74) is 0. The lowest BCUT2D eigenvalue weighted by Crippen LogP contribution is -2.13. The van der Waals surface area contributed by atoms with Gasteiger partial charge in [-0.3, -0.25) is 0 Å². The van der Waals surface area contributed by atoms with E-state index in [1.165, 1.54) is 17.9 Å². The summed E-state index contributed by atoms with van der Waals surface area (Å²) in [5.74, 6) is 4.42. The van der Waals surface area contributed by atoms with Gasteiger partial charge >= 0.3 is 0 Å². The minimum atomic E-state index is 0.824. The minimum Gasteiger partial charge on any atom is -0.370 e. The zero-order chi connectivity index (χ0) is 9.80. The maximum absolute atomic E-state index is 4.27. The summed E-state index contributed by atoms with van der Waals surface area (Å²) >= 11 is 5.42. The first-order chi connectivity index (χ1) is 6.84. The minimum absolute atomic E-state index is 0.824. The molecule has 1 fully saturated rings. The molecule has 14 heavy (non-hydrogen) atoms. The summed E-state index contributed by atoms with van der Waals surface area (Å²) in [6, 6.07) is 4.02. The topological polar surface area (TPSA) is 24.9 Å². The first kappa shape index (κ1) is 10.3. The molecule has 1 saturated heterocycles. The highest BCUT2D eigenvalue weighted by Gasteiger charge is 2.14. The molecule has 0 aliphatic carbocycles. The fraction of sp³-hybridized carbons (Fsp3) is 0.500. The van der Waals surface area contributed by atoms with E-state index in [9.17, 15) is 0 Å². The molecule has 2 rings (SSSR count). The van der Waals surface area contributed by atoms with Crippen molar-refractivity contribution in [3.8, 4) is 0 Å². The Kier molecular flexibility index (Phi) is 3.70. The Bertz CT molecular complexity index is 283. The van der Waals surface area contributed by atoms with Crippen molar-refractivity contribution in [2.75, 3.05) is 23.4 Å². The molecule has 0 radical (unpaired) electrons.